The Morgan fingerprint density at radius 1 is 1.05 bits per heavy atom. The number of alkyl halides is 1. The van der Waals surface area contributed by atoms with Crippen molar-refractivity contribution < 1.29 is 18.6 Å². The zero-order valence-electron chi connectivity index (χ0n) is 11.9. The lowest BCUT2D eigenvalue weighted by atomic mass is 10.2. The average molecular weight is 355 g/mol. The Hall–Kier alpha value is -1.75. The van der Waals surface area contributed by atoms with Gasteiger partial charge in [-0.15, -0.1) is 0 Å². The standard InChI is InChI=1S/C16H16BrFO3/c1-19-14-7-6-11(8-15(14)20-2)10-21-16-12(9-17)4-3-5-13(16)18/h3-8H,9-10H2,1-2H3. The minimum absolute atomic E-state index is 0.251. The molecule has 2 rings (SSSR count). The summed E-state index contributed by atoms with van der Waals surface area (Å²) < 4.78 is 29.8. The Morgan fingerprint density at radius 2 is 1.81 bits per heavy atom. The number of hydrogen-bond donors (Lipinski definition) is 0. The lowest BCUT2D eigenvalue weighted by molar-refractivity contribution is 0.286. The van der Waals surface area contributed by atoms with Gasteiger partial charge in [-0.2, -0.15) is 0 Å². The number of methoxy groups -OCH3 is 2. The summed E-state index contributed by atoms with van der Waals surface area (Å²) in [4.78, 5) is 0. The van der Waals surface area contributed by atoms with Crippen molar-refractivity contribution in [3.05, 3.63) is 53.3 Å². The van der Waals surface area contributed by atoms with E-state index in [1.54, 1.807) is 26.4 Å². The Labute approximate surface area is 131 Å². The first-order valence-electron chi connectivity index (χ1n) is 6.36. The molecule has 0 aromatic heterocycles. The van der Waals surface area contributed by atoms with Crippen LogP contribution in [0.5, 0.6) is 17.2 Å². The van der Waals surface area contributed by atoms with Crippen molar-refractivity contribution in [2.24, 2.45) is 0 Å². The Balaban J connectivity index is 2.17. The molecule has 0 saturated heterocycles. The van der Waals surface area contributed by atoms with Crippen molar-refractivity contribution in [1.29, 1.82) is 0 Å². The van der Waals surface area contributed by atoms with E-state index in [1.165, 1.54) is 6.07 Å². The van der Waals surface area contributed by atoms with Gasteiger partial charge in [0.25, 0.3) is 0 Å². The van der Waals surface area contributed by atoms with Crippen molar-refractivity contribution in [2.45, 2.75) is 11.9 Å². The van der Waals surface area contributed by atoms with Crippen LogP contribution in [0.1, 0.15) is 11.1 Å². The summed E-state index contributed by atoms with van der Waals surface area (Å²) in [7, 11) is 3.15. The number of rotatable bonds is 6. The predicted molar refractivity (Wildman–Crippen MR) is 82.9 cm³/mol. The van der Waals surface area contributed by atoms with Crippen molar-refractivity contribution in [1.82, 2.24) is 0 Å². The van der Waals surface area contributed by atoms with Crippen LogP contribution in [-0.4, -0.2) is 14.2 Å². The molecule has 21 heavy (non-hydrogen) atoms. The molecule has 0 aliphatic heterocycles. The molecule has 0 amide bonds. The molecule has 0 spiro atoms. The molecule has 0 atom stereocenters. The quantitative estimate of drug-likeness (QED) is 0.723. The maximum absolute atomic E-state index is 13.8. The van der Waals surface area contributed by atoms with Crippen LogP contribution in [0.15, 0.2) is 36.4 Å². The van der Waals surface area contributed by atoms with Crippen molar-refractivity contribution in [3.63, 3.8) is 0 Å². The highest BCUT2D eigenvalue weighted by atomic mass is 79.9. The largest absolute Gasteiger partial charge is 0.493 e. The third-order valence-corrected chi connectivity index (χ3v) is 3.63. The molecule has 112 valence electrons. The van der Waals surface area contributed by atoms with Crippen LogP contribution in [-0.2, 0) is 11.9 Å². The maximum atomic E-state index is 13.8. The van der Waals surface area contributed by atoms with Crippen LogP contribution in [0.3, 0.4) is 0 Å². The van der Waals surface area contributed by atoms with Crippen molar-refractivity contribution in [2.75, 3.05) is 14.2 Å². The van der Waals surface area contributed by atoms with Crippen LogP contribution in [0.25, 0.3) is 0 Å². The van der Waals surface area contributed by atoms with E-state index in [9.17, 15) is 4.39 Å². The van der Waals surface area contributed by atoms with E-state index in [4.69, 9.17) is 14.2 Å². The van der Waals surface area contributed by atoms with Crippen LogP contribution in [0.2, 0.25) is 0 Å². The Morgan fingerprint density at radius 3 is 2.48 bits per heavy atom. The molecule has 0 aliphatic rings. The summed E-state index contributed by atoms with van der Waals surface area (Å²) in [5, 5.41) is 0.534. The first-order chi connectivity index (χ1) is 10.2. The molecule has 0 N–H and O–H groups in total. The second kappa shape index (κ2) is 7.31. The molecule has 0 saturated carbocycles. The molecule has 3 nitrogen and oxygen atoms in total. The topological polar surface area (TPSA) is 27.7 Å². The highest BCUT2D eigenvalue weighted by Crippen LogP contribution is 2.29. The maximum Gasteiger partial charge on any atom is 0.165 e. The van der Waals surface area contributed by atoms with Gasteiger partial charge in [-0.1, -0.05) is 34.1 Å². The third-order valence-electron chi connectivity index (χ3n) is 3.02. The summed E-state index contributed by atoms with van der Waals surface area (Å²) in [5.41, 5.74) is 1.65. The number of halogens is 2. The lowest BCUT2D eigenvalue weighted by Crippen LogP contribution is -2.01. The van der Waals surface area contributed by atoms with Crippen LogP contribution in [0, 0.1) is 5.82 Å². The second-order valence-corrected chi connectivity index (χ2v) is 4.90. The summed E-state index contributed by atoms with van der Waals surface area (Å²) >= 11 is 3.33. The molecule has 0 fully saturated rings. The van der Waals surface area contributed by atoms with E-state index >= 15 is 0 Å². The third kappa shape index (κ3) is 3.67. The van der Waals surface area contributed by atoms with Crippen LogP contribution in [0.4, 0.5) is 4.39 Å². The van der Waals surface area contributed by atoms with Crippen molar-refractivity contribution in [3.8, 4) is 17.2 Å². The zero-order valence-corrected chi connectivity index (χ0v) is 13.4. The normalized spacial score (nSPS) is 10.3. The van der Waals surface area contributed by atoms with E-state index in [-0.39, 0.29) is 18.2 Å². The summed E-state index contributed by atoms with van der Waals surface area (Å²) in [6, 6.07) is 10.3. The SMILES string of the molecule is COc1ccc(COc2c(F)cccc2CBr)cc1OC. The fraction of sp³-hybridized carbons (Fsp3) is 0.250. The zero-order chi connectivity index (χ0) is 15.2. The summed E-state index contributed by atoms with van der Waals surface area (Å²) in [6.45, 7) is 0.251. The van der Waals surface area contributed by atoms with Crippen LogP contribution >= 0.6 is 15.9 Å². The van der Waals surface area contributed by atoms with Gasteiger partial charge in [-0.3, -0.25) is 0 Å². The molecule has 0 heterocycles. The van der Waals surface area contributed by atoms with Gasteiger partial charge in [0.15, 0.2) is 23.1 Å². The fourth-order valence-electron chi connectivity index (χ4n) is 1.95. The highest BCUT2D eigenvalue weighted by Gasteiger charge is 2.10. The minimum Gasteiger partial charge on any atom is -0.493 e. The molecular formula is C16H16BrFO3. The van der Waals surface area contributed by atoms with Gasteiger partial charge >= 0.3 is 0 Å². The van der Waals surface area contributed by atoms with Gasteiger partial charge in [-0.05, 0) is 23.8 Å². The smallest absolute Gasteiger partial charge is 0.165 e. The van der Waals surface area contributed by atoms with Crippen molar-refractivity contribution >= 4 is 15.9 Å². The number of ether oxygens (including phenoxy) is 3. The number of benzene rings is 2. The molecule has 0 aliphatic carbocycles. The monoisotopic (exact) mass is 354 g/mol. The van der Waals surface area contributed by atoms with E-state index < -0.39 is 0 Å². The lowest BCUT2D eigenvalue weighted by Gasteiger charge is -2.13. The first-order valence-corrected chi connectivity index (χ1v) is 7.48. The van der Waals surface area contributed by atoms with E-state index in [0.29, 0.717) is 16.8 Å². The summed E-state index contributed by atoms with van der Waals surface area (Å²) in [6.07, 6.45) is 0. The second-order valence-electron chi connectivity index (χ2n) is 4.34. The summed E-state index contributed by atoms with van der Waals surface area (Å²) in [5.74, 6) is 1.16. The molecule has 0 radical (unpaired) electrons. The fourth-order valence-corrected chi connectivity index (χ4v) is 2.39. The van der Waals surface area contributed by atoms with Gasteiger partial charge in [-0.25, -0.2) is 4.39 Å². The predicted octanol–water partition coefficient (Wildman–Crippen LogP) is 4.32. The first kappa shape index (κ1) is 15.6. The Kier molecular flexibility index (Phi) is 5.44. The van der Waals surface area contributed by atoms with Gasteiger partial charge in [0.05, 0.1) is 14.2 Å². The average Bonchev–Trinajstić information content (AvgIpc) is 2.53. The van der Waals surface area contributed by atoms with Gasteiger partial charge in [0.2, 0.25) is 0 Å². The molecule has 2 aromatic carbocycles. The molecule has 0 unspecified atom stereocenters. The number of para-hydroxylation sites is 1. The van der Waals surface area contributed by atoms with Gasteiger partial charge < -0.3 is 14.2 Å². The van der Waals surface area contributed by atoms with E-state index in [2.05, 4.69) is 15.9 Å². The van der Waals surface area contributed by atoms with E-state index in [0.717, 1.165) is 11.1 Å². The van der Waals surface area contributed by atoms with Gasteiger partial charge in [0, 0.05) is 10.9 Å². The van der Waals surface area contributed by atoms with Crippen LogP contribution < -0.4 is 14.2 Å². The van der Waals surface area contributed by atoms with Gasteiger partial charge in [0.1, 0.15) is 6.61 Å². The van der Waals surface area contributed by atoms with E-state index in [1.807, 2.05) is 18.2 Å². The minimum atomic E-state index is -0.368. The molecule has 0 bridgehead atoms. The molecule has 2 aromatic rings. The Bertz CT molecular complexity index is 616. The number of hydrogen-bond acceptors (Lipinski definition) is 3. The molecule has 5 heteroatoms. The highest BCUT2D eigenvalue weighted by molar-refractivity contribution is 9.08. The molecular weight excluding hydrogens is 339 g/mol.